The number of hydrogen-bond donors (Lipinski definition) is 0. The van der Waals surface area contributed by atoms with Crippen LogP contribution in [0, 0.1) is 5.82 Å². The second-order valence-corrected chi connectivity index (χ2v) is 7.22. The summed E-state index contributed by atoms with van der Waals surface area (Å²) in [6.45, 7) is 4.44. The predicted octanol–water partition coefficient (Wildman–Crippen LogP) is 4.73. The minimum Gasteiger partial charge on any atom is -0.338 e. The van der Waals surface area contributed by atoms with Crippen LogP contribution in [0.2, 0.25) is 0 Å². The summed E-state index contributed by atoms with van der Waals surface area (Å²) in [5, 5.41) is 0. The van der Waals surface area contributed by atoms with E-state index in [1.165, 1.54) is 6.07 Å². The van der Waals surface area contributed by atoms with Crippen molar-refractivity contribution in [3.8, 4) is 11.1 Å². The molecule has 0 radical (unpaired) electrons. The van der Waals surface area contributed by atoms with Crippen molar-refractivity contribution in [3.05, 3.63) is 78.1 Å². The summed E-state index contributed by atoms with van der Waals surface area (Å²) in [6.07, 6.45) is 5.85. The number of aryl methyl sites for hydroxylation is 1. The number of aromatic nitrogens is 2. The van der Waals surface area contributed by atoms with Crippen molar-refractivity contribution >= 4 is 5.91 Å². The van der Waals surface area contributed by atoms with Crippen molar-refractivity contribution in [2.24, 2.45) is 0 Å². The van der Waals surface area contributed by atoms with Crippen LogP contribution in [0.25, 0.3) is 11.1 Å². The van der Waals surface area contributed by atoms with Crippen LogP contribution in [0.4, 0.5) is 4.39 Å². The van der Waals surface area contributed by atoms with Gasteiger partial charge in [0.15, 0.2) is 0 Å². The Kier molecular flexibility index (Phi) is 5.24. The third-order valence-electron chi connectivity index (χ3n) is 5.48. The van der Waals surface area contributed by atoms with Gasteiger partial charge in [-0.1, -0.05) is 30.3 Å². The number of rotatable bonds is 4. The molecule has 3 aromatic rings. The van der Waals surface area contributed by atoms with Crippen molar-refractivity contribution in [1.82, 2.24) is 14.5 Å². The first kappa shape index (κ1) is 18.4. The average Bonchev–Trinajstić information content (AvgIpc) is 3.23. The molecule has 2 aromatic carbocycles. The van der Waals surface area contributed by atoms with Crippen LogP contribution >= 0.6 is 0 Å². The van der Waals surface area contributed by atoms with Crippen molar-refractivity contribution in [1.29, 1.82) is 0 Å². The highest BCUT2D eigenvalue weighted by molar-refractivity contribution is 5.94. The first-order chi connectivity index (χ1) is 13.7. The van der Waals surface area contributed by atoms with Crippen molar-refractivity contribution in [2.75, 3.05) is 13.1 Å². The fourth-order valence-electron chi connectivity index (χ4n) is 3.99. The highest BCUT2D eigenvalue weighted by Gasteiger charge is 2.27. The minimum absolute atomic E-state index is 0.0272. The Bertz CT molecular complexity index is 964. The van der Waals surface area contributed by atoms with E-state index in [0.29, 0.717) is 17.7 Å². The Morgan fingerprint density at radius 2 is 1.96 bits per heavy atom. The summed E-state index contributed by atoms with van der Waals surface area (Å²) in [5.74, 6) is 1.10. The van der Waals surface area contributed by atoms with Gasteiger partial charge in [-0.25, -0.2) is 9.37 Å². The third kappa shape index (κ3) is 3.57. The summed E-state index contributed by atoms with van der Waals surface area (Å²) in [7, 11) is 0. The van der Waals surface area contributed by atoms with Crippen LogP contribution in [0.3, 0.4) is 0 Å². The second-order valence-electron chi connectivity index (χ2n) is 7.22. The first-order valence-electron chi connectivity index (χ1n) is 9.82. The first-order valence-corrected chi connectivity index (χ1v) is 9.82. The molecular formula is C23H24FN3O. The molecule has 0 N–H and O–H groups in total. The molecule has 2 heterocycles. The van der Waals surface area contributed by atoms with Crippen LogP contribution in [0.5, 0.6) is 0 Å². The normalized spacial score (nSPS) is 16.9. The van der Waals surface area contributed by atoms with Gasteiger partial charge in [-0.05, 0) is 43.5 Å². The molecule has 1 aromatic heterocycles. The molecule has 1 aliphatic heterocycles. The molecule has 5 heteroatoms. The summed E-state index contributed by atoms with van der Waals surface area (Å²) in [4.78, 5) is 19.4. The van der Waals surface area contributed by atoms with E-state index < -0.39 is 0 Å². The molecule has 28 heavy (non-hydrogen) atoms. The number of halogens is 1. The Morgan fingerprint density at radius 3 is 2.71 bits per heavy atom. The van der Waals surface area contributed by atoms with E-state index in [1.54, 1.807) is 24.3 Å². The lowest BCUT2D eigenvalue weighted by atomic mass is 9.96. The predicted molar refractivity (Wildman–Crippen MR) is 108 cm³/mol. The van der Waals surface area contributed by atoms with E-state index in [0.717, 1.165) is 37.3 Å². The lowest BCUT2D eigenvalue weighted by molar-refractivity contribution is 0.0703. The van der Waals surface area contributed by atoms with Gasteiger partial charge in [0, 0.05) is 49.1 Å². The average molecular weight is 377 g/mol. The molecule has 0 aliphatic carbocycles. The van der Waals surface area contributed by atoms with Gasteiger partial charge in [-0.3, -0.25) is 4.79 Å². The Labute approximate surface area is 164 Å². The quantitative estimate of drug-likeness (QED) is 0.659. The van der Waals surface area contributed by atoms with Crippen molar-refractivity contribution in [3.63, 3.8) is 0 Å². The molecule has 1 fully saturated rings. The van der Waals surface area contributed by atoms with E-state index >= 15 is 0 Å². The smallest absolute Gasteiger partial charge is 0.253 e. The topological polar surface area (TPSA) is 38.1 Å². The Morgan fingerprint density at radius 1 is 1.18 bits per heavy atom. The second kappa shape index (κ2) is 7.97. The highest BCUT2D eigenvalue weighted by atomic mass is 19.1. The van der Waals surface area contributed by atoms with E-state index in [-0.39, 0.29) is 17.6 Å². The number of amides is 1. The van der Waals surface area contributed by atoms with Gasteiger partial charge in [0.05, 0.1) is 0 Å². The number of piperidine rings is 1. The van der Waals surface area contributed by atoms with E-state index in [1.807, 2.05) is 35.5 Å². The van der Waals surface area contributed by atoms with Gasteiger partial charge in [-0.15, -0.1) is 0 Å². The zero-order valence-electron chi connectivity index (χ0n) is 16.0. The van der Waals surface area contributed by atoms with E-state index in [4.69, 9.17) is 0 Å². The maximum Gasteiger partial charge on any atom is 0.253 e. The highest BCUT2D eigenvalue weighted by Crippen LogP contribution is 2.28. The van der Waals surface area contributed by atoms with Crippen molar-refractivity contribution < 1.29 is 9.18 Å². The van der Waals surface area contributed by atoms with Crippen LogP contribution in [0.15, 0.2) is 60.9 Å². The number of nitrogens with zero attached hydrogens (tertiary/aromatic N) is 3. The minimum atomic E-state index is -0.258. The third-order valence-corrected chi connectivity index (χ3v) is 5.48. The summed E-state index contributed by atoms with van der Waals surface area (Å²) < 4.78 is 16.1. The molecule has 1 atom stereocenters. The maximum absolute atomic E-state index is 14.0. The van der Waals surface area contributed by atoms with Crippen LogP contribution < -0.4 is 0 Å². The maximum atomic E-state index is 14.0. The molecule has 0 saturated carbocycles. The molecule has 4 rings (SSSR count). The molecule has 1 amide bonds. The Hall–Kier alpha value is -2.95. The van der Waals surface area contributed by atoms with Gasteiger partial charge in [-0.2, -0.15) is 0 Å². The lowest BCUT2D eigenvalue weighted by Crippen LogP contribution is -2.39. The SMILES string of the molecule is CCn1ccnc1[C@H]1CCCN(C(=O)c2ccc(-c3ccccc3F)cc2)C1. The number of benzene rings is 2. The fourth-order valence-corrected chi connectivity index (χ4v) is 3.99. The van der Waals surface area contributed by atoms with Crippen LogP contribution in [-0.4, -0.2) is 33.4 Å². The van der Waals surface area contributed by atoms with Gasteiger partial charge < -0.3 is 9.47 Å². The summed E-state index contributed by atoms with van der Waals surface area (Å²) in [6, 6.07) is 13.9. The van der Waals surface area contributed by atoms with Crippen LogP contribution in [-0.2, 0) is 6.54 Å². The number of carbonyl (C=O) groups is 1. The zero-order valence-corrected chi connectivity index (χ0v) is 16.0. The van der Waals surface area contributed by atoms with E-state index in [9.17, 15) is 9.18 Å². The molecule has 0 unspecified atom stereocenters. The molecule has 1 saturated heterocycles. The van der Waals surface area contributed by atoms with E-state index in [2.05, 4.69) is 16.5 Å². The van der Waals surface area contributed by atoms with Gasteiger partial charge >= 0.3 is 0 Å². The number of carbonyl (C=O) groups excluding carboxylic acids is 1. The monoisotopic (exact) mass is 377 g/mol. The van der Waals surface area contributed by atoms with Crippen LogP contribution in [0.1, 0.15) is 41.9 Å². The Balaban J connectivity index is 1.50. The lowest BCUT2D eigenvalue weighted by Gasteiger charge is -2.32. The molecule has 144 valence electrons. The van der Waals surface area contributed by atoms with Crippen molar-refractivity contribution in [2.45, 2.75) is 32.2 Å². The molecule has 1 aliphatic rings. The molecule has 0 bridgehead atoms. The number of imidazole rings is 1. The summed E-state index contributed by atoms with van der Waals surface area (Å²) in [5.41, 5.74) is 1.96. The van der Waals surface area contributed by atoms with Gasteiger partial charge in [0.25, 0.3) is 5.91 Å². The molecule has 0 spiro atoms. The number of likely N-dealkylation sites (tertiary alicyclic amines) is 1. The number of hydrogen-bond acceptors (Lipinski definition) is 2. The van der Waals surface area contributed by atoms with Gasteiger partial charge in [0.2, 0.25) is 0 Å². The zero-order chi connectivity index (χ0) is 19.5. The molecule has 4 nitrogen and oxygen atoms in total. The standard InChI is InChI=1S/C23H24FN3O/c1-2-26-15-13-25-22(26)19-6-5-14-27(16-19)23(28)18-11-9-17(10-12-18)20-7-3-4-8-21(20)24/h3-4,7-13,15,19H,2,5-6,14,16H2,1H3/t19-/m0/s1. The molecular weight excluding hydrogens is 353 g/mol. The summed E-state index contributed by atoms with van der Waals surface area (Å²) >= 11 is 0. The van der Waals surface area contributed by atoms with Gasteiger partial charge in [0.1, 0.15) is 11.6 Å². The fraction of sp³-hybridized carbons (Fsp3) is 0.304. The largest absolute Gasteiger partial charge is 0.338 e.